The third kappa shape index (κ3) is 3.78. The number of hydrogen-bond donors (Lipinski definition) is 1. The van der Waals surface area contributed by atoms with E-state index in [0.29, 0.717) is 16.4 Å². The van der Waals surface area contributed by atoms with Crippen molar-refractivity contribution in [2.24, 2.45) is 0 Å². The highest BCUT2D eigenvalue weighted by atomic mass is 32.1. The maximum absolute atomic E-state index is 13.0. The molecule has 0 aliphatic heterocycles. The van der Waals surface area contributed by atoms with Gasteiger partial charge in [-0.1, -0.05) is 66.7 Å². The van der Waals surface area contributed by atoms with E-state index in [0.717, 1.165) is 21.7 Å². The van der Waals surface area contributed by atoms with Gasteiger partial charge in [-0.05, 0) is 18.6 Å². The number of nitrogens with zero attached hydrogens (tertiary/aromatic N) is 2. The van der Waals surface area contributed by atoms with E-state index >= 15 is 0 Å². The molecule has 0 saturated heterocycles. The molecule has 0 fully saturated rings. The molecule has 0 saturated carbocycles. The lowest BCUT2D eigenvalue weighted by atomic mass is 10.1. The van der Waals surface area contributed by atoms with Crippen LogP contribution in [0, 0.1) is 6.92 Å². The minimum absolute atomic E-state index is 0.204. The second-order valence-electron chi connectivity index (χ2n) is 6.10. The van der Waals surface area contributed by atoms with Crippen molar-refractivity contribution in [3.8, 4) is 21.8 Å². The number of amides is 1. The maximum atomic E-state index is 13.0. The largest absolute Gasteiger partial charge is 0.306 e. The van der Waals surface area contributed by atoms with Crippen molar-refractivity contribution in [1.82, 2.24) is 9.97 Å². The monoisotopic (exact) mass is 371 g/mol. The average molecular weight is 371 g/mol. The van der Waals surface area contributed by atoms with Crippen LogP contribution >= 0.6 is 11.3 Å². The Morgan fingerprint density at radius 1 is 0.889 bits per heavy atom. The lowest BCUT2D eigenvalue weighted by Crippen LogP contribution is -2.12. The molecule has 4 rings (SSSR count). The molecule has 1 amide bonds. The van der Waals surface area contributed by atoms with E-state index in [2.05, 4.69) is 10.3 Å². The molecule has 0 aliphatic carbocycles. The Hall–Kier alpha value is -3.31. The Morgan fingerprint density at radius 2 is 1.56 bits per heavy atom. The van der Waals surface area contributed by atoms with Crippen LogP contribution in [0.4, 0.5) is 5.82 Å². The van der Waals surface area contributed by atoms with E-state index in [1.165, 1.54) is 11.3 Å². The summed E-state index contributed by atoms with van der Waals surface area (Å²) in [5, 5.41) is 3.70. The third-order valence-electron chi connectivity index (χ3n) is 4.05. The van der Waals surface area contributed by atoms with Gasteiger partial charge in [0, 0.05) is 17.3 Å². The summed E-state index contributed by atoms with van der Waals surface area (Å²) in [6.45, 7) is 1.96. The molecule has 0 radical (unpaired) electrons. The van der Waals surface area contributed by atoms with Gasteiger partial charge < -0.3 is 5.32 Å². The number of anilines is 1. The van der Waals surface area contributed by atoms with Gasteiger partial charge in [0.05, 0.1) is 5.69 Å². The number of nitrogens with one attached hydrogen (secondary N) is 1. The molecule has 4 aromatic rings. The summed E-state index contributed by atoms with van der Waals surface area (Å²) in [6.07, 6.45) is 1.73. The van der Waals surface area contributed by atoms with Gasteiger partial charge in [0.15, 0.2) is 0 Å². The van der Waals surface area contributed by atoms with E-state index in [1.807, 2.05) is 73.7 Å². The zero-order valence-corrected chi connectivity index (χ0v) is 15.5. The molecular weight excluding hydrogens is 354 g/mol. The number of pyridine rings is 1. The lowest BCUT2D eigenvalue weighted by Gasteiger charge is -2.05. The van der Waals surface area contributed by atoms with Crippen molar-refractivity contribution < 1.29 is 4.79 Å². The molecule has 27 heavy (non-hydrogen) atoms. The normalized spacial score (nSPS) is 10.6. The zero-order valence-electron chi connectivity index (χ0n) is 14.7. The lowest BCUT2D eigenvalue weighted by molar-refractivity contribution is 0.103. The molecule has 1 N–H and O–H groups in total. The molecule has 0 bridgehead atoms. The molecule has 2 heterocycles. The number of carbonyl (C=O) groups excluding carboxylic acids is 1. The molecule has 0 aliphatic rings. The Bertz CT molecular complexity index is 1060. The summed E-state index contributed by atoms with van der Waals surface area (Å²) >= 11 is 1.39. The Morgan fingerprint density at radius 3 is 2.19 bits per heavy atom. The minimum Gasteiger partial charge on any atom is -0.306 e. The highest BCUT2D eigenvalue weighted by molar-refractivity contribution is 7.17. The zero-order chi connectivity index (χ0) is 18.6. The quantitative estimate of drug-likeness (QED) is 0.520. The van der Waals surface area contributed by atoms with Crippen LogP contribution in [0.25, 0.3) is 21.8 Å². The van der Waals surface area contributed by atoms with E-state index in [-0.39, 0.29) is 5.91 Å². The summed E-state index contributed by atoms with van der Waals surface area (Å²) in [4.78, 5) is 22.6. The second kappa shape index (κ2) is 7.51. The summed E-state index contributed by atoms with van der Waals surface area (Å²) in [5.74, 6) is 0.323. The van der Waals surface area contributed by atoms with Crippen molar-refractivity contribution >= 4 is 23.1 Å². The molecule has 4 nitrogen and oxygen atoms in total. The first-order valence-corrected chi connectivity index (χ1v) is 9.38. The fraction of sp³-hybridized carbons (Fsp3) is 0.0455. The van der Waals surface area contributed by atoms with Crippen LogP contribution in [0.1, 0.15) is 15.2 Å². The van der Waals surface area contributed by atoms with E-state index in [1.54, 1.807) is 12.3 Å². The average Bonchev–Trinajstić information content (AvgIpc) is 3.17. The topological polar surface area (TPSA) is 54.9 Å². The van der Waals surface area contributed by atoms with Gasteiger partial charge in [-0.3, -0.25) is 4.79 Å². The Balaban J connectivity index is 1.74. The predicted molar refractivity (Wildman–Crippen MR) is 110 cm³/mol. The third-order valence-corrected chi connectivity index (χ3v) is 5.16. The smallest absolute Gasteiger partial charge is 0.269 e. The van der Waals surface area contributed by atoms with Crippen LogP contribution in [0.5, 0.6) is 0 Å². The van der Waals surface area contributed by atoms with E-state index in [4.69, 9.17) is 4.98 Å². The predicted octanol–water partition coefficient (Wildman–Crippen LogP) is 5.43. The van der Waals surface area contributed by atoms with Crippen LogP contribution in [-0.2, 0) is 0 Å². The van der Waals surface area contributed by atoms with Crippen LogP contribution in [0.15, 0.2) is 79.0 Å². The van der Waals surface area contributed by atoms with Crippen LogP contribution in [-0.4, -0.2) is 15.9 Å². The van der Waals surface area contributed by atoms with E-state index < -0.39 is 0 Å². The molecule has 0 unspecified atom stereocenters. The number of rotatable bonds is 4. The Labute approximate surface area is 161 Å². The highest BCUT2D eigenvalue weighted by Crippen LogP contribution is 2.34. The number of benzene rings is 2. The number of aryl methyl sites for hydroxylation is 1. The summed E-state index contributed by atoms with van der Waals surface area (Å²) in [7, 11) is 0. The standard InChI is InChI=1S/C22H17N3OS/c1-15-12-13-18(23-14-15)24-21(26)20-19(16-8-4-2-5-9-16)25-22(27-20)17-10-6-3-7-11-17/h2-14H,1H3,(H,23,24,26). The first kappa shape index (κ1) is 17.1. The van der Waals surface area contributed by atoms with Gasteiger partial charge >= 0.3 is 0 Å². The maximum Gasteiger partial charge on any atom is 0.269 e. The number of thiazole rings is 1. The first-order chi connectivity index (χ1) is 13.2. The summed E-state index contributed by atoms with van der Waals surface area (Å²) in [6, 6.07) is 23.4. The highest BCUT2D eigenvalue weighted by Gasteiger charge is 2.20. The second-order valence-corrected chi connectivity index (χ2v) is 7.10. The summed E-state index contributed by atoms with van der Waals surface area (Å²) < 4.78 is 0. The van der Waals surface area contributed by atoms with Crippen molar-refractivity contribution in [3.63, 3.8) is 0 Å². The van der Waals surface area contributed by atoms with Gasteiger partial charge in [-0.2, -0.15) is 0 Å². The van der Waals surface area contributed by atoms with Gasteiger partial charge in [0.25, 0.3) is 5.91 Å². The van der Waals surface area contributed by atoms with Crippen LogP contribution < -0.4 is 5.32 Å². The van der Waals surface area contributed by atoms with Crippen LogP contribution in [0.2, 0.25) is 0 Å². The van der Waals surface area contributed by atoms with Crippen molar-refractivity contribution in [2.45, 2.75) is 6.92 Å². The van der Waals surface area contributed by atoms with Gasteiger partial charge in [0.2, 0.25) is 0 Å². The number of hydrogen-bond acceptors (Lipinski definition) is 4. The molecule has 2 aromatic heterocycles. The molecule has 132 valence electrons. The minimum atomic E-state index is -0.204. The molecule has 0 spiro atoms. The van der Waals surface area contributed by atoms with Crippen LogP contribution in [0.3, 0.4) is 0 Å². The number of carbonyl (C=O) groups is 1. The first-order valence-electron chi connectivity index (χ1n) is 8.56. The van der Waals surface area contributed by atoms with Crippen molar-refractivity contribution in [2.75, 3.05) is 5.32 Å². The molecule has 5 heteroatoms. The molecule has 2 aromatic carbocycles. The molecular formula is C22H17N3OS. The van der Waals surface area contributed by atoms with Crippen molar-refractivity contribution in [3.05, 3.63) is 89.4 Å². The molecule has 0 atom stereocenters. The summed E-state index contributed by atoms with van der Waals surface area (Å²) in [5.41, 5.74) is 3.64. The van der Waals surface area contributed by atoms with Gasteiger partial charge in [0.1, 0.15) is 15.7 Å². The Kier molecular flexibility index (Phi) is 4.77. The number of aromatic nitrogens is 2. The fourth-order valence-corrected chi connectivity index (χ4v) is 3.67. The SMILES string of the molecule is Cc1ccc(NC(=O)c2sc(-c3ccccc3)nc2-c2ccccc2)nc1. The van der Waals surface area contributed by atoms with Gasteiger partial charge in [-0.15, -0.1) is 11.3 Å². The van der Waals surface area contributed by atoms with Crippen molar-refractivity contribution in [1.29, 1.82) is 0 Å². The van der Waals surface area contributed by atoms with E-state index in [9.17, 15) is 4.79 Å². The van der Waals surface area contributed by atoms with Gasteiger partial charge in [-0.25, -0.2) is 9.97 Å². The fourth-order valence-electron chi connectivity index (χ4n) is 2.68.